The highest BCUT2D eigenvalue weighted by molar-refractivity contribution is 5.96. The highest BCUT2D eigenvalue weighted by Crippen LogP contribution is 2.09. The Morgan fingerprint density at radius 1 is 0.526 bits per heavy atom. The summed E-state index contributed by atoms with van der Waals surface area (Å²) in [4.78, 5) is 113. The summed E-state index contributed by atoms with van der Waals surface area (Å²) in [6.07, 6.45) is -0.714. The van der Waals surface area contributed by atoms with E-state index in [2.05, 4.69) is 42.5 Å². The Labute approximate surface area is 330 Å². The fourth-order valence-electron chi connectivity index (χ4n) is 4.85. The molecule has 8 amide bonds. The SMILES string of the molecule is C[C@H](NC(=O)CNC(=O)CNC(=O)[C@H](Cc1ccccc1)NC(=O)OC(C)(C)C)C(=O)N[C@@H](Cc1ccccc1)C(=O)N[C@@H](C)C(=O)N[C@@H](C)C(=O)NCC(=O)O. The van der Waals surface area contributed by atoms with Crippen molar-refractivity contribution in [2.75, 3.05) is 19.6 Å². The van der Waals surface area contributed by atoms with Crippen LogP contribution in [0.25, 0.3) is 0 Å². The zero-order chi connectivity index (χ0) is 42.7. The molecule has 0 spiro atoms. The van der Waals surface area contributed by atoms with Gasteiger partial charge in [0, 0.05) is 12.8 Å². The van der Waals surface area contributed by atoms with Gasteiger partial charge in [-0.25, -0.2) is 4.79 Å². The monoisotopic (exact) mass is 796 g/mol. The van der Waals surface area contributed by atoms with Crippen molar-refractivity contribution in [2.45, 2.75) is 90.2 Å². The molecule has 57 heavy (non-hydrogen) atoms. The molecule has 310 valence electrons. The van der Waals surface area contributed by atoms with E-state index in [4.69, 9.17) is 9.84 Å². The van der Waals surface area contributed by atoms with Gasteiger partial charge in [-0.2, -0.15) is 0 Å². The van der Waals surface area contributed by atoms with E-state index in [-0.39, 0.29) is 12.8 Å². The Morgan fingerprint density at radius 3 is 1.49 bits per heavy atom. The number of aliphatic carboxylic acids is 1. The molecular weight excluding hydrogens is 744 g/mol. The first-order chi connectivity index (χ1) is 26.7. The number of alkyl carbamates (subject to hydrolysis) is 1. The fraction of sp³-hybridized carbons (Fsp3) is 0.447. The molecule has 5 atom stereocenters. The summed E-state index contributed by atoms with van der Waals surface area (Å²) < 4.78 is 5.27. The maximum Gasteiger partial charge on any atom is 0.408 e. The minimum atomic E-state index is -1.27. The number of hydrogen-bond acceptors (Lipinski definition) is 10. The molecule has 0 fully saturated rings. The van der Waals surface area contributed by atoms with E-state index < -0.39 is 109 Å². The Kier molecular flexibility index (Phi) is 18.6. The average molecular weight is 797 g/mol. The van der Waals surface area contributed by atoms with E-state index in [1.165, 1.54) is 20.8 Å². The van der Waals surface area contributed by atoms with E-state index >= 15 is 0 Å². The summed E-state index contributed by atoms with van der Waals surface area (Å²) in [5.74, 6) is -6.46. The van der Waals surface area contributed by atoms with E-state index in [9.17, 15) is 43.2 Å². The highest BCUT2D eigenvalue weighted by Gasteiger charge is 2.29. The van der Waals surface area contributed by atoms with Crippen LogP contribution in [0, 0.1) is 0 Å². The van der Waals surface area contributed by atoms with Crippen LogP contribution in [0.4, 0.5) is 4.79 Å². The van der Waals surface area contributed by atoms with Gasteiger partial charge in [-0.3, -0.25) is 38.4 Å². The van der Waals surface area contributed by atoms with Crippen LogP contribution >= 0.6 is 0 Å². The van der Waals surface area contributed by atoms with E-state index in [1.807, 2.05) is 0 Å². The maximum atomic E-state index is 13.3. The third-order valence-electron chi connectivity index (χ3n) is 7.76. The van der Waals surface area contributed by atoms with Gasteiger partial charge in [0.1, 0.15) is 42.4 Å². The second kappa shape index (κ2) is 22.8. The molecule has 2 rings (SSSR count). The molecule has 0 aliphatic heterocycles. The first-order valence-corrected chi connectivity index (χ1v) is 18.1. The molecule has 9 N–H and O–H groups in total. The summed E-state index contributed by atoms with van der Waals surface area (Å²) in [6, 6.07) is 11.7. The number of benzene rings is 2. The van der Waals surface area contributed by atoms with Crippen molar-refractivity contribution >= 4 is 53.4 Å². The van der Waals surface area contributed by atoms with Gasteiger partial charge in [0.2, 0.25) is 41.4 Å². The number of ether oxygens (including phenoxy) is 1. The molecule has 19 nitrogen and oxygen atoms in total. The second-order valence-electron chi connectivity index (χ2n) is 14.0. The van der Waals surface area contributed by atoms with Crippen LogP contribution in [0.3, 0.4) is 0 Å². The van der Waals surface area contributed by atoms with E-state index in [0.29, 0.717) is 5.56 Å². The Balaban J connectivity index is 1.94. The minimum absolute atomic E-state index is 0.00267. The first kappa shape index (κ1) is 46.6. The van der Waals surface area contributed by atoms with Crippen molar-refractivity contribution in [3.8, 4) is 0 Å². The smallest absolute Gasteiger partial charge is 0.408 e. The minimum Gasteiger partial charge on any atom is -0.480 e. The molecule has 0 unspecified atom stereocenters. The number of carboxylic acid groups (broad SMARTS) is 1. The van der Waals surface area contributed by atoms with Crippen LogP contribution in [0.1, 0.15) is 52.7 Å². The topological polar surface area (TPSA) is 279 Å². The van der Waals surface area contributed by atoms with Crippen molar-refractivity contribution < 1.29 is 53.0 Å². The van der Waals surface area contributed by atoms with Crippen molar-refractivity contribution in [2.24, 2.45) is 0 Å². The normalized spacial score (nSPS) is 13.4. The predicted octanol–water partition coefficient (Wildman–Crippen LogP) is -1.20. The van der Waals surface area contributed by atoms with Crippen LogP contribution in [-0.2, 0) is 55.9 Å². The number of amides is 8. The molecule has 2 aromatic carbocycles. The van der Waals surface area contributed by atoms with Crippen LogP contribution in [0.15, 0.2) is 60.7 Å². The average Bonchev–Trinajstić information content (AvgIpc) is 3.14. The lowest BCUT2D eigenvalue weighted by molar-refractivity contribution is -0.138. The molecular formula is C38H52N8O11. The third kappa shape index (κ3) is 18.6. The number of rotatable bonds is 20. The van der Waals surface area contributed by atoms with Gasteiger partial charge < -0.3 is 52.4 Å². The van der Waals surface area contributed by atoms with Crippen molar-refractivity contribution in [3.63, 3.8) is 0 Å². The number of carbonyl (C=O) groups is 9. The number of carbonyl (C=O) groups excluding carboxylic acids is 8. The van der Waals surface area contributed by atoms with E-state index in [0.717, 1.165) is 5.56 Å². The van der Waals surface area contributed by atoms with Crippen LogP contribution in [0.2, 0.25) is 0 Å². The van der Waals surface area contributed by atoms with Gasteiger partial charge in [0.25, 0.3) is 0 Å². The van der Waals surface area contributed by atoms with Crippen LogP contribution < -0.4 is 42.5 Å². The zero-order valence-electron chi connectivity index (χ0n) is 32.7. The van der Waals surface area contributed by atoms with Crippen molar-refractivity contribution in [3.05, 3.63) is 71.8 Å². The molecule has 2 aromatic rings. The van der Waals surface area contributed by atoms with Gasteiger partial charge in [-0.1, -0.05) is 60.7 Å². The van der Waals surface area contributed by atoms with E-state index in [1.54, 1.807) is 81.4 Å². The third-order valence-corrected chi connectivity index (χ3v) is 7.76. The number of hydrogen-bond donors (Lipinski definition) is 9. The van der Waals surface area contributed by atoms with Crippen LogP contribution in [-0.4, -0.2) is 114 Å². The van der Waals surface area contributed by atoms with Crippen molar-refractivity contribution in [1.82, 2.24) is 42.5 Å². The zero-order valence-corrected chi connectivity index (χ0v) is 32.7. The maximum absolute atomic E-state index is 13.3. The quantitative estimate of drug-likeness (QED) is 0.0768. The fourth-order valence-corrected chi connectivity index (χ4v) is 4.85. The molecule has 0 aliphatic rings. The van der Waals surface area contributed by atoms with Crippen molar-refractivity contribution in [1.29, 1.82) is 0 Å². The molecule has 0 heterocycles. The molecule has 0 radical (unpaired) electrons. The lowest BCUT2D eigenvalue weighted by Crippen LogP contribution is -2.57. The lowest BCUT2D eigenvalue weighted by atomic mass is 10.0. The lowest BCUT2D eigenvalue weighted by Gasteiger charge is -2.24. The Hall–Kier alpha value is -6.53. The number of carboxylic acids is 1. The standard InChI is InChI=1S/C38H52N8O11/c1-22(32(51)41-21-31(49)50)43-33(52)24(3)44-36(55)28(18-26-15-11-8-12-16-26)45-34(53)23(2)42-30(48)20-39-29(47)19-40-35(54)27(17-25-13-9-7-10-14-25)46-37(56)57-38(4,5)6/h7-16,22-24,27-28H,17-21H2,1-6H3,(H,39,47)(H,40,54)(H,41,51)(H,42,48)(H,43,52)(H,44,55)(H,45,53)(H,46,56)(H,49,50)/t22-,23-,24-,27-,28-/m0/s1. The second-order valence-corrected chi connectivity index (χ2v) is 14.0. The predicted molar refractivity (Wildman–Crippen MR) is 205 cm³/mol. The summed E-state index contributed by atoms with van der Waals surface area (Å²) in [5, 5.41) is 28.0. The summed E-state index contributed by atoms with van der Waals surface area (Å²) >= 11 is 0. The first-order valence-electron chi connectivity index (χ1n) is 18.1. The Morgan fingerprint density at radius 2 is 0.965 bits per heavy atom. The van der Waals surface area contributed by atoms with Crippen LogP contribution in [0.5, 0.6) is 0 Å². The van der Waals surface area contributed by atoms with Gasteiger partial charge in [-0.15, -0.1) is 0 Å². The number of nitrogens with one attached hydrogen (secondary N) is 8. The van der Waals surface area contributed by atoms with Gasteiger partial charge >= 0.3 is 12.1 Å². The summed E-state index contributed by atoms with van der Waals surface area (Å²) in [6.45, 7) is 7.30. The highest BCUT2D eigenvalue weighted by atomic mass is 16.6. The molecule has 0 bridgehead atoms. The molecule has 0 aromatic heterocycles. The largest absolute Gasteiger partial charge is 0.480 e. The van der Waals surface area contributed by atoms with Gasteiger partial charge in [0.15, 0.2) is 0 Å². The van der Waals surface area contributed by atoms with Gasteiger partial charge in [0.05, 0.1) is 13.1 Å². The molecule has 0 saturated heterocycles. The Bertz CT molecular complexity index is 1730. The van der Waals surface area contributed by atoms with Gasteiger partial charge in [-0.05, 0) is 52.7 Å². The summed E-state index contributed by atoms with van der Waals surface area (Å²) in [5.41, 5.74) is 0.590. The molecule has 0 aliphatic carbocycles. The molecule has 0 saturated carbocycles. The summed E-state index contributed by atoms with van der Waals surface area (Å²) in [7, 11) is 0. The molecule has 19 heteroatoms.